The zero-order valence-electron chi connectivity index (χ0n) is 16.0. The predicted molar refractivity (Wildman–Crippen MR) is 120 cm³/mol. The van der Waals surface area contributed by atoms with E-state index in [2.05, 4.69) is 51.1 Å². The molecule has 0 unspecified atom stereocenters. The summed E-state index contributed by atoms with van der Waals surface area (Å²) in [5.41, 5.74) is 6.47. The number of rotatable bonds is 3. The number of benzene rings is 2. The first-order valence-corrected chi connectivity index (χ1v) is 10.2. The summed E-state index contributed by atoms with van der Waals surface area (Å²) in [5.74, 6) is 0. The number of pyridine rings is 2. The van der Waals surface area contributed by atoms with E-state index >= 15 is 0 Å². The van der Waals surface area contributed by atoms with Crippen LogP contribution in [0.2, 0.25) is 0 Å². The van der Waals surface area contributed by atoms with Crippen molar-refractivity contribution in [1.29, 1.82) is 0 Å². The summed E-state index contributed by atoms with van der Waals surface area (Å²) in [6.07, 6.45) is 3.59. The van der Waals surface area contributed by atoms with Crippen LogP contribution in [-0.4, -0.2) is 9.97 Å². The summed E-state index contributed by atoms with van der Waals surface area (Å²) >= 11 is 1.71. The number of nitrogens with zero attached hydrogens (tertiary/aromatic N) is 2. The van der Waals surface area contributed by atoms with E-state index < -0.39 is 0 Å². The van der Waals surface area contributed by atoms with Crippen LogP contribution in [0.1, 0.15) is 0 Å². The average molecular weight is 583 g/mol. The Morgan fingerprint density at radius 1 is 0.633 bits per heavy atom. The van der Waals surface area contributed by atoms with Crippen molar-refractivity contribution in [2.75, 3.05) is 0 Å². The Morgan fingerprint density at radius 3 is 1.93 bits per heavy atom. The van der Waals surface area contributed by atoms with E-state index in [4.69, 9.17) is 0 Å². The molecule has 3 aromatic heterocycles. The molecule has 5 rings (SSSR count). The van der Waals surface area contributed by atoms with Crippen LogP contribution in [0.3, 0.4) is 0 Å². The first kappa shape index (κ1) is 21.8. The second-order valence-corrected chi connectivity index (χ2v) is 6.99. The van der Waals surface area contributed by atoms with Gasteiger partial charge in [0.05, 0.1) is 0 Å². The van der Waals surface area contributed by atoms with E-state index in [1.165, 1.54) is 11.1 Å². The topological polar surface area (TPSA) is 25.8 Å². The number of hydrogen-bond acceptors (Lipinski definition) is 3. The maximum absolute atomic E-state index is 4.34. The summed E-state index contributed by atoms with van der Waals surface area (Å²) in [6.45, 7) is 0. The Balaban J connectivity index is 0.000000175. The molecule has 2 aromatic carbocycles. The van der Waals surface area contributed by atoms with E-state index in [1.807, 2.05) is 66.7 Å². The fourth-order valence-corrected chi connectivity index (χ4v) is 3.48. The molecule has 30 heavy (non-hydrogen) atoms. The molecule has 0 spiro atoms. The number of thiophene rings is 1. The molecule has 5 aromatic rings. The second kappa shape index (κ2) is 11.3. The summed E-state index contributed by atoms with van der Waals surface area (Å²) in [4.78, 5) is 8.56. The fraction of sp³-hybridized carbons (Fsp3) is 0. The maximum Gasteiger partial charge on any atom is 0.0160 e. The molecule has 4 heteroatoms. The molecule has 0 N–H and O–H groups in total. The molecule has 0 aliphatic carbocycles. The zero-order valence-corrected chi connectivity index (χ0v) is 19.2. The molecule has 149 valence electrons. The third-order valence-electron chi connectivity index (χ3n) is 4.25. The normalized spacial score (nSPS) is 9.73. The van der Waals surface area contributed by atoms with Gasteiger partial charge in [-0.15, -0.1) is 65.7 Å². The minimum atomic E-state index is 0. The van der Waals surface area contributed by atoms with Gasteiger partial charge in [-0.25, -0.2) is 0 Å². The Kier molecular flexibility index (Phi) is 8.22. The smallest absolute Gasteiger partial charge is 0.0160 e. The van der Waals surface area contributed by atoms with Crippen molar-refractivity contribution >= 4 is 11.3 Å². The van der Waals surface area contributed by atoms with E-state index in [0.29, 0.717) is 0 Å². The van der Waals surface area contributed by atoms with Crippen LogP contribution in [-0.2, 0) is 20.1 Å². The van der Waals surface area contributed by atoms with Crippen LogP contribution < -0.4 is 0 Å². The van der Waals surface area contributed by atoms with Gasteiger partial charge in [0.1, 0.15) is 0 Å². The number of hydrogen-bond donors (Lipinski definition) is 0. The minimum Gasteiger partial charge on any atom is -0.305 e. The molecule has 1 radical (unpaired) electrons. The third-order valence-corrected chi connectivity index (χ3v) is 4.93. The van der Waals surface area contributed by atoms with E-state index in [-0.39, 0.29) is 20.1 Å². The Labute approximate surface area is 194 Å². The average Bonchev–Trinajstić information content (AvgIpc) is 3.37. The molecule has 2 nitrogen and oxygen atoms in total. The Morgan fingerprint density at radius 2 is 1.33 bits per heavy atom. The van der Waals surface area contributed by atoms with Gasteiger partial charge in [-0.2, -0.15) is 11.3 Å². The molecular weight excluding hydrogens is 565 g/mol. The van der Waals surface area contributed by atoms with Gasteiger partial charge >= 0.3 is 0 Å². The first-order valence-electron chi connectivity index (χ1n) is 9.24. The molecule has 0 saturated heterocycles. The standard InChI is InChI=1S/C15H10NS.C11H8N.Ir/c1-2-8-16-15(6-1)13-5-3-4-12(10-13)14-7-9-17-11-14;1-2-6-10(7-3-1)11-8-4-5-9-12-11;/h1-4,6-11H;1-6,8-9H;/q2*-1;. The quantitative estimate of drug-likeness (QED) is 0.218. The Hall–Kier alpha value is -2.91. The van der Waals surface area contributed by atoms with Crippen molar-refractivity contribution in [3.8, 4) is 33.6 Å². The number of aromatic nitrogens is 2. The van der Waals surface area contributed by atoms with Gasteiger partial charge < -0.3 is 9.97 Å². The van der Waals surface area contributed by atoms with Gasteiger partial charge in [0, 0.05) is 32.5 Å². The van der Waals surface area contributed by atoms with Crippen LogP contribution in [0.15, 0.2) is 108 Å². The molecule has 0 aliphatic heterocycles. The van der Waals surface area contributed by atoms with E-state index in [1.54, 1.807) is 23.7 Å². The van der Waals surface area contributed by atoms with Gasteiger partial charge in [-0.1, -0.05) is 29.8 Å². The van der Waals surface area contributed by atoms with Crippen molar-refractivity contribution in [3.05, 3.63) is 120 Å². The largest absolute Gasteiger partial charge is 0.305 e. The minimum absolute atomic E-state index is 0. The molecule has 0 atom stereocenters. The van der Waals surface area contributed by atoms with E-state index in [0.717, 1.165) is 22.5 Å². The molecular formula is C26H18IrN2S-2. The van der Waals surface area contributed by atoms with Crippen LogP contribution >= 0.6 is 11.3 Å². The fourth-order valence-electron chi connectivity index (χ4n) is 2.82. The molecule has 0 aliphatic rings. The van der Waals surface area contributed by atoms with Gasteiger partial charge in [-0.05, 0) is 45.9 Å². The second-order valence-electron chi connectivity index (χ2n) is 6.21. The van der Waals surface area contributed by atoms with Crippen LogP contribution in [0.25, 0.3) is 33.6 Å². The van der Waals surface area contributed by atoms with Gasteiger partial charge in [0.2, 0.25) is 0 Å². The van der Waals surface area contributed by atoms with Crippen molar-refractivity contribution in [3.63, 3.8) is 0 Å². The Bertz CT molecular complexity index is 1090. The molecule has 0 bridgehead atoms. The molecule has 0 saturated carbocycles. The predicted octanol–water partition coefficient (Wildman–Crippen LogP) is 6.82. The van der Waals surface area contributed by atoms with Crippen LogP contribution in [0.5, 0.6) is 0 Å². The van der Waals surface area contributed by atoms with Crippen LogP contribution in [0, 0.1) is 12.1 Å². The van der Waals surface area contributed by atoms with E-state index in [9.17, 15) is 0 Å². The maximum atomic E-state index is 4.34. The molecule has 0 amide bonds. The summed E-state index contributed by atoms with van der Waals surface area (Å²) in [7, 11) is 0. The molecule has 0 fully saturated rings. The van der Waals surface area contributed by atoms with Crippen LogP contribution in [0.4, 0.5) is 0 Å². The first-order chi connectivity index (χ1) is 14.4. The van der Waals surface area contributed by atoms with Crippen molar-refractivity contribution < 1.29 is 20.1 Å². The monoisotopic (exact) mass is 583 g/mol. The summed E-state index contributed by atoms with van der Waals surface area (Å²) in [5, 5.41) is 4.24. The van der Waals surface area contributed by atoms with Gasteiger partial charge in [-0.3, -0.25) is 0 Å². The van der Waals surface area contributed by atoms with Crippen molar-refractivity contribution in [2.24, 2.45) is 0 Å². The zero-order chi connectivity index (χ0) is 19.7. The van der Waals surface area contributed by atoms with Gasteiger partial charge in [0.25, 0.3) is 0 Å². The van der Waals surface area contributed by atoms with Crippen molar-refractivity contribution in [2.45, 2.75) is 0 Å². The molecule has 3 heterocycles. The SMILES string of the molecule is [Ir].[c-]1ccc(-c2ccsc2)cc1-c1ccccn1.[c-]1ccccc1-c1ccccn1. The summed E-state index contributed by atoms with van der Waals surface area (Å²) < 4.78 is 0. The third kappa shape index (κ3) is 5.80. The summed E-state index contributed by atoms with van der Waals surface area (Å²) in [6, 6.07) is 34.3. The van der Waals surface area contributed by atoms with Gasteiger partial charge in [0.15, 0.2) is 0 Å². The van der Waals surface area contributed by atoms with Crippen molar-refractivity contribution in [1.82, 2.24) is 9.97 Å².